The van der Waals surface area contributed by atoms with Crippen LogP contribution in [0.2, 0.25) is 5.02 Å². The van der Waals surface area contributed by atoms with E-state index in [1.54, 1.807) is 30.3 Å². The van der Waals surface area contributed by atoms with Gasteiger partial charge in [-0.05, 0) is 61.4 Å². The largest absolute Gasteiger partial charge is 0.350 e. The van der Waals surface area contributed by atoms with E-state index < -0.39 is 17.6 Å². The molecule has 0 aliphatic carbocycles. The standard InChI is InChI=1S/C24H18ClFN2O2/c1-14-3-6-16(7-4-14)21-22(27-19-11-9-18(26)10-12-19)24(30)28(23(21)29)20-13-17(25)8-5-15(20)2/h3-13,27H,1-2H3. The first kappa shape index (κ1) is 19.9. The summed E-state index contributed by atoms with van der Waals surface area (Å²) in [5.74, 6) is -1.33. The van der Waals surface area contributed by atoms with E-state index in [0.29, 0.717) is 22.0 Å². The van der Waals surface area contributed by atoms with Gasteiger partial charge in [0.15, 0.2) is 0 Å². The Morgan fingerprint density at radius 1 is 0.867 bits per heavy atom. The lowest BCUT2D eigenvalue weighted by atomic mass is 10.0. The number of halogens is 2. The molecule has 1 N–H and O–H groups in total. The topological polar surface area (TPSA) is 49.4 Å². The number of aryl methyl sites for hydroxylation is 2. The molecule has 0 radical (unpaired) electrons. The van der Waals surface area contributed by atoms with Crippen LogP contribution in [0.25, 0.3) is 5.57 Å². The smallest absolute Gasteiger partial charge is 0.282 e. The summed E-state index contributed by atoms with van der Waals surface area (Å²) in [6.07, 6.45) is 0. The molecule has 4 rings (SSSR count). The zero-order chi connectivity index (χ0) is 21.4. The van der Waals surface area contributed by atoms with Gasteiger partial charge in [0, 0.05) is 10.7 Å². The van der Waals surface area contributed by atoms with Gasteiger partial charge in [0.25, 0.3) is 11.8 Å². The minimum Gasteiger partial charge on any atom is -0.350 e. The minimum atomic E-state index is -0.495. The van der Waals surface area contributed by atoms with E-state index in [1.807, 2.05) is 26.0 Å². The summed E-state index contributed by atoms with van der Waals surface area (Å²) in [6, 6.07) is 18.0. The SMILES string of the molecule is Cc1ccc(C2=C(Nc3ccc(F)cc3)C(=O)N(c3cc(Cl)ccc3C)C2=O)cc1. The molecule has 4 nitrogen and oxygen atoms in total. The fourth-order valence-electron chi connectivity index (χ4n) is 3.35. The zero-order valence-corrected chi connectivity index (χ0v) is 17.1. The molecule has 1 heterocycles. The van der Waals surface area contributed by atoms with Gasteiger partial charge in [-0.25, -0.2) is 9.29 Å². The number of imide groups is 1. The molecule has 2 amide bonds. The Morgan fingerprint density at radius 3 is 2.20 bits per heavy atom. The third kappa shape index (κ3) is 3.60. The van der Waals surface area contributed by atoms with Crippen molar-refractivity contribution in [2.75, 3.05) is 10.2 Å². The summed E-state index contributed by atoms with van der Waals surface area (Å²) in [4.78, 5) is 27.9. The molecule has 1 aliphatic rings. The lowest BCUT2D eigenvalue weighted by Gasteiger charge is -2.18. The molecule has 0 unspecified atom stereocenters. The summed E-state index contributed by atoms with van der Waals surface area (Å²) in [6.45, 7) is 3.75. The average molecular weight is 421 g/mol. The summed E-state index contributed by atoms with van der Waals surface area (Å²) < 4.78 is 13.3. The van der Waals surface area contributed by atoms with Gasteiger partial charge in [-0.1, -0.05) is 47.5 Å². The van der Waals surface area contributed by atoms with Crippen LogP contribution in [-0.4, -0.2) is 11.8 Å². The van der Waals surface area contributed by atoms with Gasteiger partial charge in [0.05, 0.1) is 11.3 Å². The van der Waals surface area contributed by atoms with E-state index in [1.165, 1.54) is 24.3 Å². The summed E-state index contributed by atoms with van der Waals surface area (Å²) in [5, 5.41) is 3.44. The van der Waals surface area contributed by atoms with Crippen LogP contribution < -0.4 is 10.2 Å². The van der Waals surface area contributed by atoms with Crippen molar-refractivity contribution in [2.45, 2.75) is 13.8 Å². The molecule has 0 atom stereocenters. The predicted molar refractivity (Wildman–Crippen MR) is 117 cm³/mol. The number of hydrogen-bond acceptors (Lipinski definition) is 3. The molecular formula is C24H18ClFN2O2. The molecule has 3 aromatic rings. The Balaban J connectivity index is 1.84. The maximum absolute atomic E-state index is 13.4. The number of nitrogens with one attached hydrogen (secondary N) is 1. The fourth-order valence-corrected chi connectivity index (χ4v) is 3.52. The Morgan fingerprint density at radius 2 is 1.53 bits per heavy atom. The van der Waals surface area contributed by atoms with Crippen LogP contribution in [0.5, 0.6) is 0 Å². The molecule has 0 bridgehead atoms. The van der Waals surface area contributed by atoms with Gasteiger partial charge < -0.3 is 5.32 Å². The molecule has 3 aromatic carbocycles. The number of nitrogens with zero attached hydrogens (tertiary/aromatic N) is 1. The minimum absolute atomic E-state index is 0.134. The van der Waals surface area contributed by atoms with Crippen molar-refractivity contribution in [3.05, 3.63) is 100.0 Å². The molecule has 0 spiro atoms. The van der Waals surface area contributed by atoms with Gasteiger partial charge in [0.1, 0.15) is 11.5 Å². The molecule has 6 heteroatoms. The Kier molecular flexibility index (Phi) is 5.14. The number of hydrogen-bond donors (Lipinski definition) is 1. The monoisotopic (exact) mass is 420 g/mol. The van der Waals surface area contributed by atoms with Crippen LogP contribution in [-0.2, 0) is 9.59 Å². The first-order valence-corrected chi connectivity index (χ1v) is 9.72. The van der Waals surface area contributed by atoms with Gasteiger partial charge in [-0.2, -0.15) is 0 Å². The van der Waals surface area contributed by atoms with Crippen molar-refractivity contribution in [1.82, 2.24) is 0 Å². The quantitative estimate of drug-likeness (QED) is 0.567. The number of carbonyl (C=O) groups is 2. The zero-order valence-electron chi connectivity index (χ0n) is 16.4. The van der Waals surface area contributed by atoms with Crippen LogP contribution in [0.1, 0.15) is 16.7 Å². The van der Waals surface area contributed by atoms with Crippen LogP contribution in [0.4, 0.5) is 15.8 Å². The molecule has 0 aromatic heterocycles. The van der Waals surface area contributed by atoms with Crippen molar-refractivity contribution in [3.63, 3.8) is 0 Å². The van der Waals surface area contributed by atoms with Crippen molar-refractivity contribution < 1.29 is 14.0 Å². The van der Waals surface area contributed by atoms with E-state index >= 15 is 0 Å². The number of carbonyl (C=O) groups excluding carboxylic acids is 2. The highest BCUT2D eigenvalue weighted by Crippen LogP contribution is 2.36. The van der Waals surface area contributed by atoms with Gasteiger partial charge in [-0.15, -0.1) is 0 Å². The van der Waals surface area contributed by atoms with Gasteiger partial charge >= 0.3 is 0 Å². The predicted octanol–water partition coefficient (Wildman–Crippen LogP) is 5.49. The number of benzene rings is 3. The molecule has 0 saturated heterocycles. The lowest BCUT2D eigenvalue weighted by Crippen LogP contribution is -2.33. The third-order valence-corrected chi connectivity index (χ3v) is 5.18. The van der Waals surface area contributed by atoms with E-state index in [2.05, 4.69) is 5.32 Å². The van der Waals surface area contributed by atoms with Gasteiger partial charge in [-0.3, -0.25) is 9.59 Å². The van der Waals surface area contributed by atoms with Crippen LogP contribution >= 0.6 is 11.6 Å². The van der Waals surface area contributed by atoms with E-state index in [4.69, 9.17) is 11.6 Å². The normalized spacial score (nSPS) is 13.9. The molecule has 0 fully saturated rings. The van der Waals surface area contributed by atoms with E-state index in [9.17, 15) is 14.0 Å². The second kappa shape index (κ2) is 7.76. The maximum atomic E-state index is 13.4. The van der Waals surface area contributed by atoms with Crippen molar-refractivity contribution >= 4 is 40.4 Å². The van der Waals surface area contributed by atoms with Crippen LogP contribution in [0.15, 0.2) is 72.4 Å². The highest BCUT2D eigenvalue weighted by Gasteiger charge is 2.40. The van der Waals surface area contributed by atoms with Gasteiger partial charge in [0.2, 0.25) is 0 Å². The first-order chi connectivity index (χ1) is 14.3. The highest BCUT2D eigenvalue weighted by atomic mass is 35.5. The second-order valence-electron chi connectivity index (χ2n) is 7.12. The van der Waals surface area contributed by atoms with Crippen molar-refractivity contribution in [3.8, 4) is 0 Å². The average Bonchev–Trinajstić information content (AvgIpc) is 2.96. The third-order valence-electron chi connectivity index (χ3n) is 4.95. The lowest BCUT2D eigenvalue weighted by molar-refractivity contribution is -0.120. The van der Waals surface area contributed by atoms with E-state index in [0.717, 1.165) is 16.0 Å². The number of amides is 2. The summed E-state index contributed by atoms with van der Waals surface area (Å²) in [7, 11) is 0. The molecule has 30 heavy (non-hydrogen) atoms. The molecule has 150 valence electrons. The Bertz CT molecular complexity index is 1180. The van der Waals surface area contributed by atoms with Crippen LogP contribution in [0.3, 0.4) is 0 Å². The highest BCUT2D eigenvalue weighted by molar-refractivity contribution is 6.46. The van der Waals surface area contributed by atoms with E-state index in [-0.39, 0.29) is 11.3 Å². The van der Waals surface area contributed by atoms with Crippen LogP contribution in [0, 0.1) is 19.7 Å². The summed E-state index contributed by atoms with van der Waals surface area (Å²) in [5.41, 5.74) is 3.71. The van der Waals surface area contributed by atoms with Crippen molar-refractivity contribution in [2.24, 2.45) is 0 Å². The maximum Gasteiger partial charge on any atom is 0.282 e. The number of anilines is 2. The van der Waals surface area contributed by atoms with Crippen molar-refractivity contribution in [1.29, 1.82) is 0 Å². The number of rotatable bonds is 4. The molecule has 1 aliphatic heterocycles. The molecular weight excluding hydrogens is 403 g/mol. The Hall–Kier alpha value is -3.44. The first-order valence-electron chi connectivity index (χ1n) is 9.34. The summed E-state index contributed by atoms with van der Waals surface area (Å²) >= 11 is 6.13. The fraction of sp³-hybridized carbons (Fsp3) is 0.0833. The Labute approximate surface area is 178 Å². The molecule has 0 saturated carbocycles. The second-order valence-corrected chi connectivity index (χ2v) is 7.56.